The van der Waals surface area contributed by atoms with Crippen molar-refractivity contribution in [2.24, 2.45) is 5.41 Å². The molecular formula is C21H26ClN3O2S. The van der Waals surface area contributed by atoms with Crippen molar-refractivity contribution < 1.29 is 9.90 Å². The van der Waals surface area contributed by atoms with Crippen molar-refractivity contribution in [3.05, 3.63) is 57.2 Å². The second-order valence-electron chi connectivity index (χ2n) is 8.01. The lowest BCUT2D eigenvalue weighted by molar-refractivity contribution is -0.137. The number of hydrogen-bond donors (Lipinski definition) is 3. The molecule has 150 valence electrons. The van der Waals surface area contributed by atoms with Crippen molar-refractivity contribution in [3.8, 4) is 0 Å². The van der Waals surface area contributed by atoms with Crippen molar-refractivity contribution in [1.29, 1.82) is 0 Å². The van der Waals surface area contributed by atoms with Crippen LogP contribution < -0.4 is 10.9 Å². The average molecular weight is 420 g/mol. The Balaban J connectivity index is 1.43. The van der Waals surface area contributed by atoms with Gasteiger partial charge >= 0.3 is 0 Å². The molecule has 0 radical (unpaired) electrons. The summed E-state index contributed by atoms with van der Waals surface area (Å²) < 4.78 is 0. The topological polar surface area (TPSA) is 64.6 Å². The number of carbonyl (C=O) groups is 1. The molecular weight excluding hydrogens is 394 g/mol. The lowest BCUT2D eigenvalue weighted by Gasteiger charge is -2.42. The van der Waals surface area contributed by atoms with Crippen LogP contribution in [0.15, 0.2) is 41.1 Å². The smallest absolute Gasteiger partial charge is 0.241 e. The van der Waals surface area contributed by atoms with Crippen molar-refractivity contribution >= 4 is 28.8 Å². The van der Waals surface area contributed by atoms with Crippen molar-refractivity contribution in [1.82, 2.24) is 15.8 Å². The third kappa shape index (κ3) is 4.26. The molecule has 5 nitrogen and oxygen atoms in total. The molecule has 0 saturated carbocycles. The maximum Gasteiger partial charge on any atom is 0.241 e. The van der Waals surface area contributed by atoms with Gasteiger partial charge in [0.05, 0.1) is 6.61 Å². The molecule has 3 heterocycles. The SMILES string of the molecule is O=C(C1CC(c2ccsc2)NN1)N1CCCC(CO)(Cc2cccc(Cl)c2)C1. The van der Waals surface area contributed by atoms with E-state index >= 15 is 0 Å². The van der Waals surface area contributed by atoms with Crippen LogP contribution >= 0.6 is 22.9 Å². The van der Waals surface area contributed by atoms with Crippen LogP contribution in [0.2, 0.25) is 5.02 Å². The number of likely N-dealkylation sites (tertiary alicyclic amines) is 1. The molecule has 7 heteroatoms. The van der Waals surface area contributed by atoms with E-state index in [9.17, 15) is 9.90 Å². The Morgan fingerprint density at radius 3 is 3.00 bits per heavy atom. The van der Waals surface area contributed by atoms with Gasteiger partial charge < -0.3 is 10.0 Å². The number of aliphatic hydroxyl groups is 1. The van der Waals surface area contributed by atoms with Crippen LogP contribution in [0.5, 0.6) is 0 Å². The van der Waals surface area contributed by atoms with Crippen LogP contribution in [-0.4, -0.2) is 41.7 Å². The highest BCUT2D eigenvalue weighted by Crippen LogP contribution is 2.35. The maximum absolute atomic E-state index is 13.1. The number of hydrazine groups is 1. The third-order valence-corrected chi connectivity index (χ3v) is 6.86. The van der Waals surface area contributed by atoms with Gasteiger partial charge in [0.2, 0.25) is 5.91 Å². The number of aliphatic hydroxyl groups excluding tert-OH is 1. The fraction of sp³-hybridized carbons (Fsp3) is 0.476. The average Bonchev–Trinajstić information content (AvgIpc) is 3.39. The number of piperidine rings is 1. The van der Waals surface area contributed by atoms with E-state index in [2.05, 4.69) is 27.7 Å². The van der Waals surface area contributed by atoms with E-state index in [-0.39, 0.29) is 30.0 Å². The number of hydrogen-bond acceptors (Lipinski definition) is 5. The highest BCUT2D eigenvalue weighted by Gasteiger charge is 2.40. The predicted octanol–water partition coefficient (Wildman–Crippen LogP) is 3.15. The molecule has 0 aliphatic carbocycles. The van der Waals surface area contributed by atoms with E-state index < -0.39 is 0 Å². The fourth-order valence-corrected chi connectivity index (χ4v) is 5.36. The predicted molar refractivity (Wildman–Crippen MR) is 112 cm³/mol. The van der Waals surface area contributed by atoms with Gasteiger partial charge in [0, 0.05) is 29.6 Å². The van der Waals surface area contributed by atoms with Crippen molar-refractivity contribution in [2.45, 2.75) is 37.8 Å². The van der Waals surface area contributed by atoms with Crippen molar-refractivity contribution in [3.63, 3.8) is 0 Å². The number of halogens is 1. The molecule has 2 aliphatic rings. The third-order valence-electron chi connectivity index (χ3n) is 5.92. The normalized spacial score (nSPS) is 27.9. The largest absolute Gasteiger partial charge is 0.396 e. The summed E-state index contributed by atoms with van der Waals surface area (Å²) in [4.78, 5) is 15.1. The molecule has 2 fully saturated rings. The van der Waals surface area contributed by atoms with Crippen LogP contribution in [-0.2, 0) is 11.2 Å². The molecule has 0 bridgehead atoms. The minimum absolute atomic E-state index is 0.0666. The zero-order chi connectivity index (χ0) is 19.6. The summed E-state index contributed by atoms with van der Waals surface area (Å²) in [6.07, 6.45) is 3.28. The van der Waals surface area contributed by atoms with Crippen LogP contribution in [0.4, 0.5) is 0 Å². The summed E-state index contributed by atoms with van der Waals surface area (Å²) in [7, 11) is 0. The second kappa shape index (κ2) is 8.51. The van der Waals surface area contributed by atoms with Gasteiger partial charge in [-0.1, -0.05) is 23.7 Å². The van der Waals surface area contributed by atoms with Gasteiger partial charge in [0.15, 0.2) is 0 Å². The molecule has 3 atom stereocenters. The second-order valence-corrected chi connectivity index (χ2v) is 9.23. The summed E-state index contributed by atoms with van der Waals surface area (Å²) in [5.74, 6) is 0.119. The summed E-state index contributed by atoms with van der Waals surface area (Å²) in [6.45, 7) is 1.39. The number of nitrogens with zero attached hydrogens (tertiary/aromatic N) is 1. The first-order valence-electron chi connectivity index (χ1n) is 9.76. The first-order chi connectivity index (χ1) is 13.6. The van der Waals surface area contributed by atoms with Crippen LogP contribution in [0.3, 0.4) is 0 Å². The maximum atomic E-state index is 13.1. The summed E-state index contributed by atoms with van der Waals surface area (Å²) in [6, 6.07) is 9.82. The number of amides is 1. The monoisotopic (exact) mass is 419 g/mol. The number of benzene rings is 1. The van der Waals surface area contributed by atoms with Gasteiger partial charge in [-0.2, -0.15) is 11.3 Å². The zero-order valence-corrected chi connectivity index (χ0v) is 17.3. The van der Waals surface area contributed by atoms with E-state index in [1.54, 1.807) is 11.3 Å². The van der Waals surface area contributed by atoms with Crippen LogP contribution in [0.1, 0.15) is 36.4 Å². The zero-order valence-electron chi connectivity index (χ0n) is 15.7. The molecule has 28 heavy (non-hydrogen) atoms. The van der Waals surface area contributed by atoms with Gasteiger partial charge in [-0.05, 0) is 65.8 Å². The summed E-state index contributed by atoms with van der Waals surface area (Å²) in [5, 5.41) is 15.1. The van der Waals surface area contributed by atoms with Gasteiger partial charge in [-0.3, -0.25) is 4.79 Å². The van der Waals surface area contributed by atoms with E-state index in [4.69, 9.17) is 11.6 Å². The molecule has 2 aliphatic heterocycles. The molecule has 3 N–H and O–H groups in total. The lowest BCUT2D eigenvalue weighted by Crippen LogP contribution is -2.53. The molecule has 2 saturated heterocycles. The minimum Gasteiger partial charge on any atom is -0.396 e. The Morgan fingerprint density at radius 1 is 1.36 bits per heavy atom. The number of nitrogens with one attached hydrogen (secondary N) is 2. The minimum atomic E-state index is -0.308. The molecule has 1 amide bonds. The van der Waals surface area contributed by atoms with Gasteiger partial charge in [-0.15, -0.1) is 0 Å². The highest BCUT2D eigenvalue weighted by atomic mass is 35.5. The van der Waals surface area contributed by atoms with E-state index in [0.717, 1.165) is 37.8 Å². The van der Waals surface area contributed by atoms with Gasteiger partial charge in [0.1, 0.15) is 6.04 Å². The van der Waals surface area contributed by atoms with E-state index in [0.29, 0.717) is 11.6 Å². The van der Waals surface area contributed by atoms with Gasteiger partial charge in [-0.25, -0.2) is 10.9 Å². The molecule has 3 unspecified atom stereocenters. The highest BCUT2D eigenvalue weighted by molar-refractivity contribution is 7.07. The van der Waals surface area contributed by atoms with Crippen LogP contribution in [0, 0.1) is 5.41 Å². The Labute approximate surface area is 174 Å². The quantitative estimate of drug-likeness (QED) is 0.696. The standard InChI is InChI=1S/C21H26ClN3O2S/c22-17-4-1-3-15(9-17)11-21(14-26)6-2-7-25(13-21)20(27)19-10-18(23-24-19)16-5-8-28-12-16/h1,3-5,8-9,12,18-19,23-24,26H,2,6-7,10-11,13-14H2. The molecule has 1 aromatic heterocycles. The fourth-order valence-electron chi connectivity index (χ4n) is 4.44. The first kappa shape index (κ1) is 19.9. The lowest BCUT2D eigenvalue weighted by atomic mass is 9.75. The Kier molecular flexibility index (Phi) is 6.04. The van der Waals surface area contributed by atoms with Gasteiger partial charge in [0.25, 0.3) is 0 Å². The first-order valence-corrected chi connectivity index (χ1v) is 11.1. The van der Waals surface area contributed by atoms with Crippen molar-refractivity contribution in [2.75, 3.05) is 19.7 Å². The Bertz CT molecular complexity index is 816. The van der Waals surface area contributed by atoms with E-state index in [1.165, 1.54) is 5.56 Å². The Hall–Kier alpha value is -1.44. The summed E-state index contributed by atoms with van der Waals surface area (Å²) >= 11 is 7.80. The number of carbonyl (C=O) groups excluding carboxylic acids is 1. The summed E-state index contributed by atoms with van der Waals surface area (Å²) in [5.41, 5.74) is 8.45. The van der Waals surface area contributed by atoms with Crippen LogP contribution in [0.25, 0.3) is 0 Å². The molecule has 4 rings (SSSR count). The Morgan fingerprint density at radius 2 is 2.25 bits per heavy atom. The molecule has 1 aromatic carbocycles. The molecule has 2 aromatic rings. The number of rotatable bonds is 5. The number of thiophene rings is 1. The molecule has 0 spiro atoms. The van der Waals surface area contributed by atoms with E-state index in [1.807, 2.05) is 29.2 Å².